The van der Waals surface area contributed by atoms with Crippen LogP contribution in [0.3, 0.4) is 0 Å². The van der Waals surface area contributed by atoms with Crippen molar-refractivity contribution in [1.29, 1.82) is 0 Å². The molecule has 4 rings (SSSR count). The number of rotatable bonds is 4. The number of thiophene rings is 1. The second-order valence-electron chi connectivity index (χ2n) is 5.73. The summed E-state index contributed by atoms with van der Waals surface area (Å²) in [6.45, 7) is 0. The molecule has 1 N–H and O–H groups in total. The number of amides is 3. The van der Waals surface area contributed by atoms with Crippen molar-refractivity contribution in [2.45, 2.75) is 0 Å². The van der Waals surface area contributed by atoms with Crippen LogP contribution in [0.4, 0.5) is 16.2 Å². The van der Waals surface area contributed by atoms with E-state index in [1.165, 1.54) is 0 Å². The zero-order valence-electron chi connectivity index (χ0n) is 14.1. The highest BCUT2D eigenvalue weighted by atomic mass is 32.1. The number of hydrogen-bond acceptors (Lipinski definition) is 5. The van der Waals surface area contributed by atoms with Gasteiger partial charge in [0.15, 0.2) is 0 Å². The largest absolute Gasteiger partial charge is 0.332 e. The first-order valence-electron chi connectivity index (χ1n) is 8.13. The van der Waals surface area contributed by atoms with Crippen LogP contribution in [0.25, 0.3) is 22.2 Å². The molecule has 0 aliphatic carbocycles. The highest BCUT2D eigenvalue weighted by Gasteiger charge is 2.16. The van der Waals surface area contributed by atoms with Gasteiger partial charge >= 0.3 is 6.03 Å². The number of aromatic nitrogens is 2. The molecule has 2 aromatic heterocycles. The second kappa shape index (κ2) is 7.35. The number of carbonyl (C=O) groups is 2. The number of benzene rings is 2. The maximum absolute atomic E-state index is 12.6. The third-order valence-corrected chi connectivity index (χ3v) is 4.71. The molecule has 0 aliphatic heterocycles. The standard InChI is InChI=1S/C20H14N4O2S/c25-13-24(17-4-5-18-19(11-17)22-8-7-21-18)20(26)23-16-3-1-2-14(10-16)15-6-9-27-12-15/h1-13H,(H,23,26). The van der Waals surface area contributed by atoms with Gasteiger partial charge in [-0.2, -0.15) is 11.3 Å². The summed E-state index contributed by atoms with van der Waals surface area (Å²) >= 11 is 1.61. The summed E-state index contributed by atoms with van der Waals surface area (Å²) in [5.41, 5.74) is 4.40. The van der Waals surface area contributed by atoms with E-state index in [1.54, 1.807) is 48.0 Å². The maximum atomic E-state index is 12.6. The van der Waals surface area contributed by atoms with E-state index in [0.29, 0.717) is 28.8 Å². The molecule has 0 spiro atoms. The van der Waals surface area contributed by atoms with Gasteiger partial charge in [-0.05, 0) is 58.3 Å². The number of hydrogen-bond donors (Lipinski definition) is 1. The maximum Gasteiger partial charge on any atom is 0.332 e. The Morgan fingerprint density at radius 3 is 2.63 bits per heavy atom. The zero-order valence-corrected chi connectivity index (χ0v) is 14.9. The van der Waals surface area contributed by atoms with Gasteiger partial charge in [0, 0.05) is 18.1 Å². The Bertz CT molecular complexity index is 1110. The van der Waals surface area contributed by atoms with Crippen LogP contribution in [0.2, 0.25) is 0 Å². The highest BCUT2D eigenvalue weighted by molar-refractivity contribution is 7.08. The third-order valence-electron chi connectivity index (χ3n) is 4.02. The molecule has 0 bridgehead atoms. The molecule has 7 heteroatoms. The molecule has 0 fully saturated rings. The van der Waals surface area contributed by atoms with Gasteiger partial charge in [0.1, 0.15) is 0 Å². The molecule has 2 heterocycles. The molecule has 4 aromatic rings. The molecule has 2 aromatic carbocycles. The van der Waals surface area contributed by atoms with Crippen molar-refractivity contribution in [2.24, 2.45) is 0 Å². The number of anilines is 2. The van der Waals surface area contributed by atoms with Gasteiger partial charge in [0.25, 0.3) is 0 Å². The van der Waals surface area contributed by atoms with Crippen molar-refractivity contribution in [3.05, 3.63) is 71.7 Å². The molecule has 0 atom stereocenters. The van der Waals surface area contributed by atoms with E-state index >= 15 is 0 Å². The molecule has 3 amide bonds. The van der Waals surface area contributed by atoms with E-state index in [1.807, 2.05) is 35.0 Å². The molecule has 132 valence electrons. The fourth-order valence-corrected chi connectivity index (χ4v) is 3.38. The quantitative estimate of drug-likeness (QED) is 0.532. The van der Waals surface area contributed by atoms with Gasteiger partial charge in [-0.1, -0.05) is 12.1 Å². The lowest BCUT2D eigenvalue weighted by molar-refractivity contribution is -0.106. The van der Waals surface area contributed by atoms with Crippen molar-refractivity contribution < 1.29 is 9.59 Å². The SMILES string of the molecule is O=CN(C(=O)Nc1cccc(-c2ccsc2)c1)c1ccc2nccnc2c1. The summed E-state index contributed by atoms with van der Waals surface area (Å²) in [4.78, 5) is 33.6. The lowest BCUT2D eigenvalue weighted by atomic mass is 10.1. The Kier molecular flexibility index (Phi) is 4.59. The van der Waals surface area contributed by atoms with Crippen LogP contribution in [0.1, 0.15) is 0 Å². The van der Waals surface area contributed by atoms with Crippen LogP contribution in [-0.4, -0.2) is 22.4 Å². The average Bonchev–Trinajstić information content (AvgIpc) is 3.23. The van der Waals surface area contributed by atoms with Crippen LogP contribution in [0, 0.1) is 0 Å². The number of carbonyl (C=O) groups excluding carboxylic acids is 2. The lowest BCUT2D eigenvalue weighted by Crippen LogP contribution is -2.33. The van der Waals surface area contributed by atoms with Gasteiger partial charge in [-0.25, -0.2) is 9.69 Å². The van der Waals surface area contributed by atoms with Gasteiger partial charge in [-0.15, -0.1) is 0 Å². The number of nitrogens with one attached hydrogen (secondary N) is 1. The summed E-state index contributed by atoms with van der Waals surface area (Å²) in [5.74, 6) is 0. The lowest BCUT2D eigenvalue weighted by Gasteiger charge is -2.17. The molecule has 0 unspecified atom stereocenters. The molecular formula is C20H14N4O2S. The van der Waals surface area contributed by atoms with Crippen LogP contribution >= 0.6 is 11.3 Å². The van der Waals surface area contributed by atoms with Crippen molar-refractivity contribution in [3.63, 3.8) is 0 Å². The van der Waals surface area contributed by atoms with Crippen molar-refractivity contribution >= 4 is 46.2 Å². The summed E-state index contributed by atoms with van der Waals surface area (Å²) in [5, 5.41) is 6.80. The first kappa shape index (κ1) is 16.9. The van der Waals surface area contributed by atoms with E-state index < -0.39 is 6.03 Å². The van der Waals surface area contributed by atoms with Gasteiger partial charge in [0.2, 0.25) is 6.41 Å². The number of urea groups is 1. The first-order valence-corrected chi connectivity index (χ1v) is 9.08. The Balaban J connectivity index is 1.58. The van der Waals surface area contributed by atoms with Crippen molar-refractivity contribution in [2.75, 3.05) is 10.2 Å². The minimum Gasteiger partial charge on any atom is -0.307 e. The molecule has 0 saturated heterocycles. The van der Waals surface area contributed by atoms with E-state index in [9.17, 15) is 9.59 Å². The van der Waals surface area contributed by atoms with Crippen LogP contribution in [0.5, 0.6) is 0 Å². The van der Waals surface area contributed by atoms with Crippen molar-refractivity contribution in [1.82, 2.24) is 9.97 Å². The normalized spacial score (nSPS) is 10.5. The average molecular weight is 374 g/mol. The fourth-order valence-electron chi connectivity index (χ4n) is 2.72. The topological polar surface area (TPSA) is 75.2 Å². The zero-order chi connectivity index (χ0) is 18.6. The number of imide groups is 1. The second-order valence-corrected chi connectivity index (χ2v) is 6.51. The fraction of sp³-hybridized carbons (Fsp3) is 0. The molecule has 0 aliphatic rings. The van der Waals surface area contributed by atoms with Crippen molar-refractivity contribution in [3.8, 4) is 11.1 Å². The predicted octanol–water partition coefficient (Wildman–Crippen LogP) is 4.55. The predicted molar refractivity (Wildman–Crippen MR) is 107 cm³/mol. The Labute approximate surface area is 159 Å². The number of fused-ring (bicyclic) bond motifs is 1. The summed E-state index contributed by atoms with van der Waals surface area (Å²) in [6, 6.07) is 14.0. The molecule has 0 radical (unpaired) electrons. The first-order chi connectivity index (χ1) is 13.2. The van der Waals surface area contributed by atoms with Crippen LogP contribution in [-0.2, 0) is 4.79 Å². The highest BCUT2D eigenvalue weighted by Crippen LogP contribution is 2.25. The third kappa shape index (κ3) is 3.54. The molecule has 27 heavy (non-hydrogen) atoms. The number of nitrogens with zero attached hydrogens (tertiary/aromatic N) is 3. The minimum atomic E-state index is -0.546. The smallest absolute Gasteiger partial charge is 0.307 e. The molecule has 6 nitrogen and oxygen atoms in total. The summed E-state index contributed by atoms with van der Waals surface area (Å²) < 4.78 is 0. The minimum absolute atomic E-state index is 0.421. The van der Waals surface area contributed by atoms with Crippen LogP contribution < -0.4 is 10.2 Å². The Morgan fingerprint density at radius 1 is 1.00 bits per heavy atom. The molecular weight excluding hydrogens is 360 g/mol. The Hall–Kier alpha value is -3.58. The molecule has 0 saturated carbocycles. The van der Waals surface area contributed by atoms with E-state index in [2.05, 4.69) is 15.3 Å². The van der Waals surface area contributed by atoms with E-state index in [-0.39, 0.29) is 0 Å². The summed E-state index contributed by atoms with van der Waals surface area (Å²) in [6.07, 6.45) is 3.63. The Morgan fingerprint density at radius 2 is 1.85 bits per heavy atom. The van der Waals surface area contributed by atoms with E-state index in [0.717, 1.165) is 16.0 Å². The van der Waals surface area contributed by atoms with Gasteiger partial charge < -0.3 is 5.32 Å². The van der Waals surface area contributed by atoms with Crippen LogP contribution in [0.15, 0.2) is 71.7 Å². The monoisotopic (exact) mass is 374 g/mol. The summed E-state index contributed by atoms with van der Waals surface area (Å²) in [7, 11) is 0. The van der Waals surface area contributed by atoms with E-state index in [4.69, 9.17) is 0 Å². The van der Waals surface area contributed by atoms with Gasteiger partial charge in [-0.3, -0.25) is 14.8 Å². The van der Waals surface area contributed by atoms with Gasteiger partial charge in [0.05, 0.1) is 16.7 Å².